The first-order valence-corrected chi connectivity index (χ1v) is 10.1. The molecule has 2 aromatic heterocycles. The second kappa shape index (κ2) is 7.98. The van der Waals surface area contributed by atoms with Crippen LogP contribution >= 0.6 is 0 Å². The van der Waals surface area contributed by atoms with Crippen LogP contribution in [0.3, 0.4) is 0 Å². The van der Waals surface area contributed by atoms with Gasteiger partial charge in [-0.15, -0.1) is 0 Å². The summed E-state index contributed by atoms with van der Waals surface area (Å²) in [5.74, 6) is 0.458. The van der Waals surface area contributed by atoms with Crippen molar-refractivity contribution in [1.82, 2.24) is 9.97 Å². The van der Waals surface area contributed by atoms with E-state index < -0.39 is 11.7 Å². The molecule has 0 radical (unpaired) electrons. The van der Waals surface area contributed by atoms with E-state index >= 15 is 0 Å². The second-order valence-electron chi connectivity index (χ2n) is 7.49. The van der Waals surface area contributed by atoms with E-state index in [0.717, 1.165) is 39.7 Å². The van der Waals surface area contributed by atoms with Crippen molar-refractivity contribution in [2.75, 3.05) is 16.4 Å². The topological polar surface area (TPSA) is 75.9 Å². The predicted octanol–water partition coefficient (Wildman–Crippen LogP) is 6.87. The molecule has 0 aliphatic rings. The van der Waals surface area contributed by atoms with Crippen LogP contribution in [0.4, 0.5) is 41.7 Å². The quantitative estimate of drug-likeness (QED) is 0.263. The number of fused-ring (bicyclic) bond motifs is 2. The Morgan fingerprint density at radius 1 is 0.697 bits per heavy atom. The SMILES string of the molecule is Nc1cccc2c(Nc3cccc4c(Nc5cccc(C(F)(F)F)c5)nccc34)ccnc12. The van der Waals surface area contributed by atoms with E-state index in [1.807, 2.05) is 42.5 Å². The molecule has 0 unspecified atom stereocenters. The van der Waals surface area contributed by atoms with Gasteiger partial charge in [0.1, 0.15) is 5.82 Å². The zero-order valence-electron chi connectivity index (χ0n) is 17.2. The first-order valence-electron chi connectivity index (χ1n) is 10.1. The third-order valence-electron chi connectivity index (χ3n) is 5.33. The van der Waals surface area contributed by atoms with Gasteiger partial charge in [0, 0.05) is 45.6 Å². The highest BCUT2D eigenvalue weighted by Gasteiger charge is 2.30. The maximum absolute atomic E-state index is 13.1. The second-order valence-corrected chi connectivity index (χ2v) is 7.49. The van der Waals surface area contributed by atoms with Crippen molar-refractivity contribution < 1.29 is 13.2 Å². The number of nitrogens with two attached hydrogens (primary N) is 1. The lowest BCUT2D eigenvalue weighted by Gasteiger charge is -2.15. The maximum atomic E-state index is 13.1. The smallest absolute Gasteiger partial charge is 0.397 e. The number of halogens is 3. The molecule has 5 rings (SSSR count). The van der Waals surface area contributed by atoms with Gasteiger partial charge in [0.05, 0.1) is 16.8 Å². The molecule has 5 nitrogen and oxygen atoms in total. The van der Waals surface area contributed by atoms with Crippen LogP contribution in [0.25, 0.3) is 21.7 Å². The summed E-state index contributed by atoms with van der Waals surface area (Å²) in [4.78, 5) is 8.72. The number of rotatable bonds is 4. The van der Waals surface area contributed by atoms with Crippen LogP contribution in [-0.2, 0) is 6.18 Å². The van der Waals surface area contributed by atoms with E-state index in [1.54, 1.807) is 24.5 Å². The molecule has 4 N–H and O–H groups in total. The average molecular weight is 445 g/mol. The van der Waals surface area contributed by atoms with Crippen molar-refractivity contribution in [2.24, 2.45) is 0 Å². The Hall–Kier alpha value is -4.33. The number of benzene rings is 3. The van der Waals surface area contributed by atoms with Crippen LogP contribution in [0.2, 0.25) is 0 Å². The summed E-state index contributed by atoms with van der Waals surface area (Å²) in [6.45, 7) is 0. The molecule has 0 saturated carbocycles. The summed E-state index contributed by atoms with van der Waals surface area (Å²) in [6.07, 6.45) is -1.11. The van der Waals surface area contributed by atoms with Crippen molar-refractivity contribution >= 4 is 50.2 Å². The molecule has 0 aliphatic carbocycles. The van der Waals surface area contributed by atoms with Gasteiger partial charge >= 0.3 is 6.18 Å². The Kier molecular flexibility index (Phi) is 4.97. The summed E-state index contributed by atoms with van der Waals surface area (Å²) in [7, 11) is 0. The highest BCUT2D eigenvalue weighted by molar-refractivity contribution is 6.04. The van der Waals surface area contributed by atoms with E-state index in [-0.39, 0.29) is 0 Å². The van der Waals surface area contributed by atoms with Crippen LogP contribution in [-0.4, -0.2) is 9.97 Å². The molecule has 0 spiro atoms. The largest absolute Gasteiger partial charge is 0.416 e. The maximum Gasteiger partial charge on any atom is 0.416 e. The fourth-order valence-corrected chi connectivity index (χ4v) is 3.78. The Bertz CT molecular complexity index is 1480. The number of hydrogen-bond donors (Lipinski definition) is 3. The number of aromatic nitrogens is 2. The molecule has 33 heavy (non-hydrogen) atoms. The fraction of sp³-hybridized carbons (Fsp3) is 0.0400. The van der Waals surface area contributed by atoms with E-state index in [2.05, 4.69) is 20.6 Å². The third-order valence-corrected chi connectivity index (χ3v) is 5.33. The van der Waals surface area contributed by atoms with Crippen molar-refractivity contribution in [3.63, 3.8) is 0 Å². The molecule has 164 valence electrons. The van der Waals surface area contributed by atoms with Crippen LogP contribution in [0.5, 0.6) is 0 Å². The van der Waals surface area contributed by atoms with Gasteiger partial charge in [-0.1, -0.05) is 30.3 Å². The molecule has 0 saturated heterocycles. The molecule has 3 aromatic carbocycles. The van der Waals surface area contributed by atoms with Crippen molar-refractivity contribution in [3.8, 4) is 0 Å². The first kappa shape index (κ1) is 20.6. The Morgan fingerprint density at radius 2 is 1.42 bits per heavy atom. The lowest BCUT2D eigenvalue weighted by Crippen LogP contribution is -2.05. The monoisotopic (exact) mass is 445 g/mol. The van der Waals surface area contributed by atoms with Crippen molar-refractivity contribution in [1.29, 1.82) is 0 Å². The molecule has 5 aromatic rings. The van der Waals surface area contributed by atoms with E-state index in [9.17, 15) is 13.2 Å². The van der Waals surface area contributed by atoms with E-state index in [1.165, 1.54) is 6.07 Å². The van der Waals surface area contributed by atoms with Gasteiger partial charge in [0.15, 0.2) is 0 Å². The zero-order chi connectivity index (χ0) is 23.0. The predicted molar refractivity (Wildman–Crippen MR) is 126 cm³/mol. The lowest BCUT2D eigenvalue weighted by atomic mass is 10.1. The van der Waals surface area contributed by atoms with Crippen LogP contribution in [0.1, 0.15) is 5.56 Å². The number of nitrogens with zero attached hydrogens (tertiary/aromatic N) is 2. The van der Waals surface area contributed by atoms with Gasteiger partial charge < -0.3 is 16.4 Å². The minimum atomic E-state index is -4.42. The number of hydrogen-bond acceptors (Lipinski definition) is 5. The lowest BCUT2D eigenvalue weighted by molar-refractivity contribution is -0.137. The van der Waals surface area contributed by atoms with Gasteiger partial charge in [-0.25, -0.2) is 4.98 Å². The zero-order valence-corrected chi connectivity index (χ0v) is 17.2. The number of anilines is 5. The van der Waals surface area contributed by atoms with Gasteiger partial charge in [0.2, 0.25) is 0 Å². The van der Waals surface area contributed by atoms with Crippen molar-refractivity contribution in [3.05, 3.63) is 90.8 Å². The molecule has 0 amide bonds. The van der Waals surface area contributed by atoms with E-state index in [0.29, 0.717) is 22.7 Å². The summed E-state index contributed by atoms with van der Waals surface area (Å²) < 4.78 is 39.3. The minimum Gasteiger partial charge on any atom is -0.397 e. The number of pyridine rings is 2. The number of alkyl halides is 3. The molecule has 0 fully saturated rings. The molecule has 0 aliphatic heterocycles. The molecule has 0 bridgehead atoms. The Labute approximate surface area is 187 Å². The minimum absolute atomic E-state index is 0.304. The van der Waals surface area contributed by atoms with E-state index in [4.69, 9.17) is 5.73 Å². The van der Waals surface area contributed by atoms with Crippen molar-refractivity contribution in [2.45, 2.75) is 6.18 Å². The Morgan fingerprint density at radius 3 is 2.27 bits per heavy atom. The average Bonchev–Trinajstić information content (AvgIpc) is 2.80. The number of nitrogens with one attached hydrogen (secondary N) is 2. The number of para-hydroxylation sites is 1. The number of nitrogen functional groups attached to an aromatic ring is 1. The molecular weight excluding hydrogens is 427 g/mol. The fourth-order valence-electron chi connectivity index (χ4n) is 3.78. The summed E-state index contributed by atoms with van der Waals surface area (Å²) in [6, 6.07) is 20.0. The molecule has 8 heteroatoms. The Balaban J connectivity index is 1.54. The highest BCUT2D eigenvalue weighted by atomic mass is 19.4. The summed E-state index contributed by atoms with van der Waals surface area (Å²) >= 11 is 0. The molecule has 0 atom stereocenters. The summed E-state index contributed by atoms with van der Waals surface area (Å²) in [5.41, 5.74) is 8.59. The third kappa shape index (κ3) is 3.98. The molecule has 2 heterocycles. The van der Waals surface area contributed by atoms with Crippen LogP contribution in [0, 0.1) is 0 Å². The van der Waals surface area contributed by atoms with Gasteiger partial charge in [0.25, 0.3) is 0 Å². The van der Waals surface area contributed by atoms with Gasteiger partial charge in [-0.05, 0) is 42.5 Å². The normalized spacial score (nSPS) is 11.6. The highest BCUT2D eigenvalue weighted by Crippen LogP contribution is 2.35. The standard InChI is InChI=1S/C25H18F3N5/c26-25(27,28)15-4-1-5-16(14-15)32-24-18-6-3-9-21(17(18)10-12-31-24)33-22-11-13-30-23-19(22)7-2-8-20(23)29/h1-14H,29H2,(H,30,33)(H,31,32). The van der Waals surface area contributed by atoms with Crippen LogP contribution in [0.15, 0.2) is 85.2 Å². The first-order chi connectivity index (χ1) is 15.9. The summed E-state index contributed by atoms with van der Waals surface area (Å²) in [5, 5.41) is 8.96. The van der Waals surface area contributed by atoms with Crippen LogP contribution < -0.4 is 16.4 Å². The van der Waals surface area contributed by atoms with Gasteiger partial charge in [-0.3, -0.25) is 4.98 Å². The van der Waals surface area contributed by atoms with Gasteiger partial charge in [-0.2, -0.15) is 13.2 Å². The molecular formula is C25H18F3N5.